The zero-order chi connectivity index (χ0) is 13.8. The number of aromatic carboxylic acids is 1. The summed E-state index contributed by atoms with van der Waals surface area (Å²) in [6, 6.07) is 0. The molecule has 0 unspecified atom stereocenters. The predicted octanol–water partition coefficient (Wildman–Crippen LogP) is 0.184. The van der Waals surface area contributed by atoms with E-state index in [2.05, 4.69) is 15.5 Å². The number of hydrogen-bond acceptors (Lipinski definition) is 4. The topological polar surface area (TPSA) is 85.0 Å². The largest absolute Gasteiger partial charge is 0.478 e. The van der Waals surface area contributed by atoms with Gasteiger partial charge < -0.3 is 10.4 Å². The fourth-order valence-corrected chi connectivity index (χ4v) is 1.89. The number of carboxylic acid groups (broad SMARTS) is 1. The van der Waals surface area contributed by atoms with Crippen LogP contribution >= 0.6 is 0 Å². The van der Waals surface area contributed by atoms with Crippen molar-refractivity contribution in [2.24, 2.45) is 14.1 Å². The minimum atomic E-state index is -0.947. The summed E-state index contributed by atoms with van der Waals surface area (Å²) in [5.41, 5.74) is 2.08. The van der Waals surface area contributed by atoms with Crippen molar-refractivity contribution in [1.29, 1.82) is 0 Å². The lowest BCUT2D eigenvalue weighted by Crippen LogP contribution is -2.20. The van der Waals surface area contributed by atoms with Crippen LogP contribution in [0.15, 0.2) is 18.6 Å². The SMILES string of the molecule is Cn1cc(CCNCc2c(C(=O)O)cnn2C)cn1. The van der Waals surface area contributed by atoms with Crippen LogP contribution in [0.1, 0.15) is 21.6 Å². The number of nitrogens with one attached hydrogen (secondary N) is 1. The van der Waals surface area contributed by atoms with Gasteiger partial charge in [-0.3, -0.25) is 9.36 Å². The van der Waals surface area contributed by atoms with Gasteiger partial charge in [-0.15, -0.1) is 0 Å². The Morgan fingerprint density at radius 1 is 1.37 bits per heavy atom. The van der Waals surface area contributed by atoms with E-state index in [9.17, 15) is 4.79 Å². The molecule has 0 saturated carbocycles. The van der Waals surface area contributed by atoms with Crippen LogP contribution in [0.25, 0.3) is 0 Å². The highest BCUT2D eigenvalue weighted by Gasteiger charge is 2.14. The third-order valence-corrected chi connectivity index (χ3v) is 2.93. The lowest BCUT2D eigenvalue weighted by molar-refractivity contribution is 0.0695. The predicted molar refractivity (Wildman–Crippen MR) is 68.8 cm³/mol. The number of carbonyl (C=O) groups is 1. The van der Waals surface area contributed by atoms with Gasteiger partial charge in [0.1, 0.15) is 5.56 Å². The monoisotopic (exact) mass is 263 g/mol. The first-order valence-corrected chi connectivity index (χ1v) is 6.00. The zero-order valence-electron chi connectivity index (χ0n) is 11.0. The maximum atomic E-state index is 11.0. The molecule has 2 heterocycles. The van der Waals surface area contributed by atoms with Crippen LogP contribution in [0, 0.1) is 0 Å². The van der Waals surface area contributed by atoms with Crippen LogP contribution in [0.3, 0.4) is 0 Å². The van der Waals surface area contributed by atoms with Gasteiger partial charge in [0.15, 0.2) is 0 Å². The number of aromatic nitrogens is 4. The summed E-state index contributed by atoms with van der Waals surface area (Å²) in [7, 11) is 3.62. The highest BCUT2D eigenvalue weighted by molar-refractivity contribution is 5.88. The molecule has 0 aliphatic heterocycles. The molecule has 7 nitrogen and oxygen atoms in total. The van der Waals surface area contributed by atoms with Crippen molar-refractivity contribution in [3.63, 3.8) is 0 Å². The molecule has 0 bridgehead atoms. The summed E-state index contributed by atoms with van der Waals surface area (Å²) in [4.78, 5) is 11.0. The highest BCUT2D eigenvalue weighted by Crippen LogP contribution is 2.07. The lowest BCUT2D eigenvalue weighted by Gasteiger charge is -2.05. The van der Waals surface area contributed by atoms with Crippen LogP contribution in [0.4, 0.5) is 0 Å². The van der Waals surface area contributed by atoms with E-state index in [1.165, 1.54) is 6.20 Å². The summed E-state index contributed by atoms with van der Waals surface area (Å²) in [5.74, 6) is -0.947. The minimum Gasteiger partial charge on any atom is -0.478 e. The molecule has 2 aromatic rings. The van der Waals surface area contributed by atoms with Crippen LogP contribution in [0.2, 0.25) is 0 Å². The molecule has 0 aromatic carbocycles. The van der Waals surface area contributed by atoms with E-state index in [0.29, 0.717) is 12.2 Å². The average molecular weight is 263 g/mol. The van der Waals surface area contributed by atoms with Gasteiger partial charge in [-0.25, -0.2) is 4.79 Å². The first-order chi connectivity index (χ1) is 9.08. The fourth-order valence-electron chi connectivity index (χ4n) is 1.89. The van der Waals surface area contributed by atoms with Crippen LogP contribution in [-0.4, -0.2) is 37.2 Å². The molecule has 7 heteroatoms. The molecule has 19 heavy (non-hydrogen) atoms. The standard InChI is InChI=1S/C12H17N5O2/c1-16-8-9(5-14-16)3-4-13-7-11-10(12(18)19)6-15-17(11)2/h5-6,8,13H,3-4,7H2,1-2H3,(H,18,19). The molecule has 0 saturated heterocycles. The van der Waals surface area contributed by atoms with Gasteiger partial charge in [0.2, 0.25) is 0 Å². The Kier molecular flexibility index (Phi) is 3.96. The van der Waals surface area contributed by atoms with E-state index in [0.717, 1.165) is 18.5 Å². The zero-order valence-corrected chi connectivity index (χ0v) is 11.0. The van der Waals surface area contributed by atoms with Crippen LogP contribution in [-0.2, 0) is 27.1 Å². The van der Waals surface area contributed by atoms with Gasteiger partial charge >= 0.3 is 5.97 Å². The Labute approximate surface area is 110 Å². The quantitative estimate of drug-likeness (QED) is 0.726. The highest BCUT2D eigenvalue weighted by atomic mass is 16.4. The van der Waals surface area contributed by atoms with Crippen molar-refractivity contribution in [2.75, 3.05) is 6.54 Å². The average Bonchev–Trinajstić information content (AvgIpc) is 2.92. The molecule has 2 aromatic heterocycles. The number of hydrogen-bond donors (Lipinski definition) is 2. The van der Waals surface area contributed by atoms with E-state index in [1.807, 2.05) is 19.4 Å². The van der Waals surface area contributed by atoms with Crippen molar-refractivity contribution in [1.82, 2.24) is 24.9 Å². The second-order valence-corrected chi connectivity index (χ2v) is 4.38. The minimum absolute atomic E-state index is 0.247. The van der Waals surface area contributed by atoms with E-state index < -0.39 is 5.97 Å². The summed E-state index contributed by atoms with van der Waals surface area (Å²) < 4.78 is 3.35. The molecule has 102 valence electrons. The first kappa shape index (κ1) is 13.3. The molecule has 0 amide bonds. The third-order valence-electron chi connectivity index (χ3n) is 2.93. The van der Waals surface area contributed by atoms with Gasteiger partial charge in [0.25, 0.3) is 0 Å². The Morgan fingerprint density at radius 3 is 2.79 bits per heavy atom. The van der Waals surface area contributed by atoms with E-state index >= 15 is 0 Å². The lowest BCUT2D eigenvalue weighted by atomic mass is 10.2. The van der Waals surface area contributed by atoms with Crippen molar-refractivity contribution >= 4 is 5.97 Å². The molecule has 0 fully saturated rings. The maximum Gasteiger partial charge on any atom is 0.339 e. The fraction of sp³-hybridized carbons (Fsp3) is 0.417. The van der Waals surface area contributed by atoms with Crippen molar-refractivity contribution in [3.05, 3.63) is 35.4 Å². The number of aryl methyl sites for hydroxylation is 2. The Bertz CT molecular complexity index is 572. The summed E-state index contributed by atoms with van der Waals surface area (Å²) >= 11 is 0. The van der Waals surface area contributed by atoms with E-state index in [4.69, 9.17) is 5.11 Å². The summed E-state index contributed by atoms with van der Waals surface area (Å²) in [6.45, 7) is 1.24. The Morgan fingerprint density at radius 2 is 2.16 bits per heavy atom. The molecule has 0 radical (unpaired) electrons. The van der Waals surface area contributed by atoms with Gasteiger partial charge in [0.05, 0.1) is 18.1 Å². The van der Waals surface area contributed by atoms with E-state index in [-0.39, 0.29) is 5.56 Å². The molecular weight excluding hydrogens is 246 g/mol. The number of carboxylic acids is 1. The molecule has 0 atom stereocenters. The van der Waals surface area contributed by atoms with Gasteiger partial charge in [0, 0.05) is 26.8 Å². The molecular formula is C12H17N5O2. The molecule has 0 spiro atoms. The van der Waals surface area contributed by atoms with Gasteiger partial charge in [-0.2, -0.15) is 10.2 Å². The smallest absolute Gasteiger partial charge is 0.339 e. The molecule has 0 aliphatic carbocycles. The molecule has 0 aliphatic rings. The normalized spacial score (nSPS) is 10.8. The third kappa shape index (κ3) is 3.19. The van der Waals surface area contributed by atoms with Crippen LogP contribution < -0.4 is 5.32 Å². The Balaban J connectivity index is 1.86. The number of nitrogens with zero attached hydrogens (tertiary/aromatic N) is 4. The Hall–Kier alpha value is -2.15. The van der Waals surface area contributed by atoms with Crippen molar-refractivity contribution in [2.45, 2.75) is 13.0 Å². The van der Waals surface area contributed by atoms with Gasteiger partial charge in [-0.05, 0) is 18.5 Å². The molecule has 2 N–H and O–H groups in total. The van der Waals surface area contributed by atoms with Gasteiger partial charge in [-0.1, -0.05) is 0 Å². The second kappa shape index (κ2) is 5.66. The van der Waals surface area contributed by atoms with E-state index in [1.54, 1.807) is 16.4 Å². The van der Waals surface area contributed by atoms with Crippen molar-refractivity contribution in [3.8, 4) is 0 Å². The first-order valence-electron chi connectivity index (χ1n) is 6.00. The van der Waals surface area contributed by atoms with Crippen LogP contribution in [0.5, 0.6) is 0 Å². The maximum absolute atomic E-state index is 11.0. The summed E-state index contributed by atoms with van der Waals surface area (Å²) in [6.07, 6.45) is 6.03. The van der Waals surface area contributed by atoms with Crippen molar-refractivity contribution < 1.29 is 9.90 Å². The molecule has 2 rings (SSSR count). The second-order valence-electron chi connectivity index (χ2n) is 4.38. The summed E-state index contributed by atoms with van der Waals surface area (Å²) in [5, 5.41) is 20.3. The number of rotatable bonds is 6.